The molecule has 1 unspecified atom stereocenters. The van der Waals surface area contributed by atoms with Crippen molar-refractivity contribution in [3.63, 3.8) is 0 Å². The molecule has 1 aliphatic rings. The number of aryl methyl sites for hydroxylation is 1. The van der Waals surface area contributed by atoms with Crippen LogP contribution in [0, 0.1) is 24.0 Å². The van der Waals surface area contributed by atoms with Crippen LogP contribution in [-0.4, -0.2) is 16.4 Å². The van der Waals surface area contributed by atoms with E-state index in [-0.39, 0.29) is 17.6 Å². The lowest BCUT2D eigenvalue weighted by Crippen LogP contribution is -2.41. The molecule has 1 N–H and O–H groups in total. The summed E-state index contributed by atoms with van der Waals surface area (Å²) >= 11 is 0. The van der Waals surface area contributed by atoms with Gasteiger partial charge >= 0.3 is 0 Å². The van der Waals surface area contributed by atoms with E-state index in [1.807, 2.05) is 39.0 Å². The average molecular weight is 354 g/mol. The molecular formula is C20H22N2O4. The highest BCUT2D eigenvalue weighted by atomic mass is 16.6. The zero-order valence-electron chi connectivity index (χ0n) is 15.3. The molecule has 1 amide bonds. The Morgan fingerprint density at radius 1 is 1.27 bits per heavy atom. The van der Waals surface area contributed by atoms with Gasteiger partial charge in [-0.1, -0.05) is 23.8 Å². The molecule has 0 aliphatic carbocycles. The van der Waals surface area contributed by atoms with Crippen LogP contribution in [0.1, 0.15) is 53.4 Å². The van der Waals surface area contributed by atoms with Crippen LogP contribution in [0.15, 0.2) is 36.4 Å². The van der Waals surface area contributed by atoms with Gasteiger partial charge in [-0.25, -0.2) is 0 Å². The van der Waals surface area contributed by atoms with E-state index in [0.717, 1.165) is 16.9 Å². The Morgan fingerprint density at radius 3 is 2.69 bits per heavy atom. The first kappa shape index (κ1) is 17.9. The number of benzene rings is 2. The van der Waals surface area contributed by atoms with Crippen molar-refractivity contribution in [1.82, 2.24) is 5.32 Å². The standard InChI is InChI=1S/C20H22N2O4/c1-12-8-9-18-15(10-12)16(11-20(3,4)26-18)21-19(23)14-6-5-7-17(13(14)2)22(24)25/h5-10,16H,11H2,1-4H3,(H,21,23). The predicted octanol–water partition coefficient (Wildman–Crippen LogP) is 4.24. The Hall–Kier alpha value is -2.89. The number of nitrogens with one attached hydrogen (secondary N) is 1. The van der Waals surface area contributed by atoms with E-state index in [2.05, 4.69) is 5.32 Å². The second-order valence-electron chi connectivity index (χ2n) is 7.34. The van der Waals surface area contributed by atoms with E-state index >= 15 is 0 Å². The van der Waals surface area contributed by atoms with Crippen LogP contribution in [0.25, 0.3) is 0 Å². The maximum Gasteiger partial charge on any atom is 0.273 e. The van der Waals surface area contributed by atoms with Gasteiger partial charge < -0.3 is 10.1 Å². The Balaban J connectivity index is 1.94. The zero-order valence-corrected chi connectivity index (χ0v) is 15.3. The van der Waals surface area contributed by atoms with E-state index in [1.165, 1.54) is 12.1 Å². The predicted molar refractivity (Wildman–Crippen MR) is 98.5 cm³/mol. The highest BCUT2D eigenvalue weighted by Crippen LogP contribution is 2.40. The SMILES string of the molecule is Cc1ccc2c(c1)C(NC(=O)c1cccc([N+](=O)[O-])c1C)CC(C)(C)O2. The molecule has 0 spiro atoms. The van der Waals surface area contributed by atoms with E-state index in [4.69, 9.17) is 4.74 Å². The number of hydrogen-bond acceptors (Lipinski definition) is 4. The number of hydrogen-bond donors (Lipinski definition) is 1. The molecule has 0 saturated heterocycles. The Bertz CT molecular complexity index is 889. The minimum atomic E-state index is -0.470. The number of nitro groups is 1. The minimum absolute atomic E-state index is 0.0544. The third kappa shape index (κ3) is 3.40. The van der Waals surface area contributed by atoms with Crippen molar-refractivity contribution in [3.05, 3.63) is 68.8 Å². The molecule has 2 aromatic rings. The third-order valence-electron chi connectivity index (χ3n) is 4.67. The summed E-state index contributed by atoms with van der Waals surface area (Å²) in [5.74, 6) is 0.439. The number of carbonyl (C=O) groups excluding carboxylic acids is 1. The van der Waals surface area contributed by atoms with Gasteiger partial charge in [0.2, 0.25) is 0 Å². The summed E-state index contributed by atoms with van der Waals surface area (Å²) in [6, 6.07) is 10.2. The molecule has 0 saturated carbocycles. The summed E-state index contributed by atoms with van der Waals surface area (Å²) in [5.41, 5.74) is 2.22. The number of nitrogens with zero attached hydrogens (tertiary/aromatic N) is 1. The molecule has 136 valence electrons. The van der Waals surface area contributed by atoms with Crippen LogP contribution >= 0.6 is 0 Å². The van der Waals surface area contributed by atoms with Gasteiger partial charge in [-0.15, -0.1) is 0 Å². The summed E-state index contributed by atoms with van der Waals surface area (Å²) in [4.78, 5) is 23.5. The zero-order chi connectivity index (χ0) is 19.1. The van der Waals surface area contributed by atoms with Crippen molar-refractivity contribution in [2.24, 2.45) is 0 Å². The third-order valence-corrected chi connectivity index (χ3v) is 4.67. The van der Waals surface area contributed by atoms with Gasteiger partial charge in [0.05, 0.1) is 11.0 Å². The number of fused-ring (bicyclic) bond motifs is 1. The number of nitro benzene ring substituents is 1. The molecule has 1 heterocycles. The first-order valence-corrected chi connectivity index (χ1v) is 8.52. The monoisotopic (exact) mass is 354 g/mol. The van der Waals surface area contributed by atoms with Crippen molar-refractivity contribution in [3.8, 4) is 5.75 Å². The summed E-state index contributed by atoms with van der Waals surface area (Å²) < 4.78 is 6.03. The van der Waals surface area contributed by atoms with Gasteiger partial charge in [0.25, 0.3) is 11.6 Å². The molecule has 2 aromatic carbocycles. The highest BCUT2D eigenvalue weighted by molar-refractivity contribution is 5.96. The average Bonchev–Trinajstić information content (AvgIpc) is 2.54. The van der Waals surface area contributed by atoms with Gasteiger partial charge in [0.15, 0.2) is 0 Å². The largest absolute Gasteiger partial charge is 0.487 e. The molecule has 0 radical (unpaired) electrons. The van der Waals surface area contributed by atoms with Crippen LogP contribution in [0.4, 0.5) is 5.69 Å². The molecule has 0 fully saturated rings. The van der Waals surface area contributed by atoms with Crippen molar-refractivity contribution >= 4 is 11.6 Å². The first-order valence-electron chi connectivity index (χ1n) is 8.52. The van der Waals surface area contributed by atoms with Gasteiger partial charge in [0.1, 0.15) is 11.4 Å². The normalized spacial score (nSPS) is 17.8. The number of rotatable bonds is 3. The number of amides is 1. The summed E-state index contributed by atoms with van der Waals surface area (Å²) in [6.45, 7) is 7.55. The molecule has 6 nitrogen and oxygen atoms in total. The Morgan fingerprint density at radius 2 is 2.00 bits per heavy atom. The van der Waals surface area contributed by atoms with Crippen molar-refractivity contribution in [2.75, 3.05) is 0 Å². The van der Waals surface area contributed by atoms with Crippen LogP contribution in [0.3, 0.4) is 0 Å². The van der Waals surface area contributed by atoms with E-state index in [9.17, 15) is 14.9 Å². The Labute approximate surface area is 152 Å². The van der Waals surface area contributed by atoms with Crippen molar-refractivity contribution in [1.29, 1.82) is 0 Å². The topological polar surface area (TPSA) is 81.5 Å². The van der Waals surface area contributed by atoms with Gasteiger partial charge in [-0.3, -0.25) is 14.9 Å². The minimum Gasteiger partial charge on any atom is -0.487 e. The van der Waals surface area contributed by atoms with Crippen LogP contribution < -0.4 is 10.1 Å². The summed E-state index contributed by atoms with van der Waals surface area (Å²) in [6.07, 6.45) is 0.614. The van der Waals surface area contributed by atoms with Crippen molar-refractivity contribution < 1.29 is 14.5 Å². The number of carbonyl (C=O) groups is 1. The van der Waals surface area contributed by atoms with E-state index < -0.39 is 10.5 Å². The molecule has 1 atom stereocenters. The maximum atomic E-state index is 12.8. The summed E-state index contributed by atoms with van der Waals surface area (Å²) in [7, 11) is 0. The smallest absolute Gasteiger partial charge is 0.273 e. The fourth-order valence-electron chi connectivity index (χ4n) is 3.41. The van der Waals surface area contributed by atoms with E-state index in [1.54, 1.807) is 13.0 Å². The lowest BCUT2D eigenvalue weighted by Gasteiger charge is -2.38. The fraction of sp³-hybridized carbons (Fsp3) is 0.350. The van der Waals surface area contributed by atoms with Crippen molar-refractivity contribution in [2.45, 2.75) is 45.8 Å². The van der Waals surface area contributed by atoms with Crippen LogP contribution in [-0.2, 0) is 0 Å². The second kappa shape index (κ2) is 6.44. The van der Waals surface area contributed by atoms with Crippen LogP contribution in [0.2, 0.25) is 0 Å². The quantitative estimate of drug-likeness (QED) is 0.660. The Kier molecular flexibility index (Phi) is 4.44. The van der Waals surface area contributed by atoms with Gasteiger partial charge in [-0.05, 0) is 39.8 Å². The lowest BCUT2D eigenvalue weighted by atomic mass is 9.88. The molecule has 26 heavy (non-hydrogen) atoms. The van der Waals surface area contributed by atoms with Crippen LogP contribution in [0.5, 0.6) is 5.75 Å². The molecule has 1 aliphatic heterocycles. The maximum absolute atomic E-state index is 12.8. The highest BCUT2D eigenvalue weighted by Gasteiger charge is 2.35. The summed E-state index contributed by atoms with van der Waals surface area (Å²) in [5, 5.41) is 14.2. The fourth-order valence-corrected chi connectivity index (χ4v) is 3.41. The van der Waals surface area contributed by atoms with Gasteiger partial charge in [-0.2, -0.15) is 0 Å². The molecule has 3 rings (SSSR count). The van der Waals surface area contributed by atoms with Gasteiger partial charge in [0, 0.05) is 29.2 Å². The van der Waals surface area contributed by atoms with E-state index in [0.29, 0.717) is 17.5 Å². The molecule has 0 bridgehead atoms. The lowest BCUT2D eigenvalue weighted by molar-refractivity contribution is -0.385. The molecular weight excluding hydrogens is 332 g/mol. The first-order chi connectivity index (χ1) is 12.2. The molecule has 6 heteroatoms. The second-order valence-corrected chi connectivity index (χ2v) is 7.34. The molecule has 0 aromatic heterocycles. The number of ether oxygens (including phenoxy) is 1.